The van der Waals surface area contributed by atoms with Gasteiger partial charge in [-0.25, -0.2) is 9.97 Å². The van der Waals surface area contributed by atoms with Gasteiger partial charge in [-0.05, 0) is 111 Å². The Morgan fingerprint density at radius 2 is 1.09 bits per heavy atom. The van der Waals surface area contributed by atoms with E-state index in [1.807, 2.05) is 40.7 Å². The standard InChI is InChI=1S/3C9H15N.C8H14N2.4C8H13NO.C8H13NS/c1-7-5-8(6-10-7)9(2,3)4;1-7-8(5-6-10-7)9(2,3)4;1-7-5-6-8(10-7)9(2,3)4;1-6-5-7(10-9-6)8(2,3)4;1-6-9-7(5-10-6)8(2,3)4;1-6-9-5-7(10-6)8(2,3)4;1-6-7(5-10-9-6)8(2,3)4;1-6-5-7(10-9-6)8(2,3)4;1-6-7(5-10-9-6)8(2,3)4/h2*5H,6H2,1-4H3;6H,5H2,1-4H3;5H,1-4H3,(H,9,10);5*5H,1-4H3. The van der Waals surface area contributed by atoms with Crippen molar-refractivity contribution in [2.45, 2.75) is 288 Å². The number of aliphatic imine (C=N–C) groups is 3. The molecule has 0 amide bonds. The SMILES string of the molecule is CC1=NC(C(C)(C)C)=CC1.CC1=NCC(C(C)(C)C)=C1.CC1=NCC=C1C(C)(C)C.Cc1cc(C(C)(C)C)n[nH]1.Cc1cc(C(C)(C)C)on1.Cc1nc(C(C)(C)C)co1.Cc1ncc(C(C)(C)C)o1.Cc1nocc1C(C)(C)C.Cc1nscc1C(C)(C)C. The molecular weight excluding hydrogens is 1140 g/mol. The van der Waals surface area contributed by atoms with Crippen LogP contribution in [0.4, 0.5) is 0 Å². The summed E-state index contributed by atoms with van der Waals surface area (Å²) in [6.07, 6.45) is 12.9. The minimum absolute atomic E-state index is 0.0846. The van der Waals surface area contributed by atoms with Gasteiger partial charge in [-0.1, -0.05) is 209 Å². The van der Waals surface area contributed by atoms with E-state index in [0.717, 1.165) is 71.3 Å². The number of hydrogen-bond acceptors (Lipinski definition) is 14. The van der Waals surface area contributed by atoms with Gasteiger partial charge in [-0.15, -0.1) is 0 Å². The molecular formula is C75H124N10O4S. The first-order valence-corrected chi connectivity index (χ1v) is 32.7. The molecule has 3 aliphatic heterocycles. The first-order chi connectivity index (χ1) is 40.5. The molecule has 0 spiro atoms. The second-order valence-electron chi connectivity index (χ2n) is 33.0. The molecule has 6 aromatic heterocycles. The average molecular weight is 1260 g/mol. The Kier molecular flexibility index (Phi) is 30.5. The summed E-state index contributed by atoms with van der Waals surface area (Å²) in [7, 11) is 0. The molecule has 1 N–H and O–H groups in total. The quantitative estimate of drug-likeness (QED) is 0.154. The molecule has 9 rings (SSSR count). The first kappa shape index (κ1) is 81.9. The highest BCUT2D eigenvalue weighted by Gasteiger charge is 2.24. The summed E-state index contributed by atoms with van der Waals surface area (Å²) >= 11 is 1.54. The van der Waals surface area contributed by atoms with Gasteiger partial charge in [0.15, 0.2) is 11.8 Å². The highest BCUT2D eigenvalue weighted by atomic mass is 32.1. The van der Waals surface area contributed by atoms with Crippen LogP contribution in [0.3, 0.4) is 0 Å². The molecule has 90 heavy (non-hydrogen) atoms. The van der Waals surface area contributed by atoms with Gasteiger partial charge in [0, 0.05) is 92.9 Å². The number of allylic oxidation sites excluding steroid dienone is 4. The Labute approximate surface area is 551 Å². The van der Waals surface area contributed by atoms with Crippen molar-refractivity contribution in [2.24, 2.45) is 31.2 Å². The molecule has 0 saturated heterocycles. The van der Waals surface area contributed by atoms with E-state index < -0.39 is 0 Å². The molecule has 3 aliphatic rings. The van der Waals surface area contributed by atoms with Crippen molar-refractivity contribution >= 4 is 28.7 Å². The van der Waals surface area contributed by atoms with E-state index in [9.17, 15) is 0 Å². The lowest BCUT2D eigenvalue weighted by molar-refractivity contribution is 0.327. The van der Waals surface area contributed by atoms with Crippen LogP contribution in [0, 0.1) is 57.8 Å². The molecule has 0 unspecified atom stereocenters. The van der Waals surface area contributed by atoms with Crippen molar-refractivity contribution < 1.29 is 17.9 Å². The van der Waals surface area contributed by atoms with Gasteiger partial charge in [0.05, 0.1) is 47.8 Å². The minimum atomic E-state index is 0.0846. The summed E-state index contributed by atoms with van der Waals surface area (Å²) in [6, 6.07) is 4.06. The fourth-order valence-electron chi connectivity index (χ4n) is 8.34. The van der Waals surface area contributed by atoms with Crippen molar-refractivity contribution in [3.05, 3.63) is 140 Å². The monoisotopic (exact) mass is 1260 g/mol. The van der Waals surface area contributed by atoms with E-state index in [0.29, 0.717) is 5.41 Å². The van der Waals surface area contributed by atoms with Gasteiger partial charge in [0.1, 0.15) is 24.0 Å². The highest BCUT2D eigenvalue weighted by Crippen LogP contribution is 2.32. The summed E-state index contributed by atoms with van der Waals surface area (Å²) in [5.41, 5.74) is 18.4. The van der Waals surface area contributed by atoms with Gasteiger partial charge in [0.2, 0.25) is 0 Å². The molecule has 14 nitrogen and oxygen atoms in total. The van der Waals surface area contributed by atoms with Crippen LogP contribution >= 0.6 is 11.5 Å². The van der Waals surface area contributed by atoms with E-state index in [2.05, 4.69) is 294 Å². The van der Waals surface area contributed by atoms with E-state index in [-0.39, 0.29) is 43.3 Å². The van der Waals surface area contributed by atoms with Gasteiger partial charge < -0.3 is 17.9 Å². The molecule has 6 aromatic rings. The predicted octanol–water partition coefficient (Wildman–Crippen LogP) is 21.5. The molecule has 0 atom stereocenters. The van der Waals surface area contributed by atoms with Crippen molar-refractivity contribution in [1.29, 1.82) is 0 Å². The van der Waals surface area contributed by atoms with E-state index in [1.165, 1.54) is 50.8 Å². The van der Waals surface area contributed by atoms with Gasteiger partial charge in [-0.3, -0.25) is 20.1 Å². The van der Waals surface area contributed by atoms with E-state index in [1.54, 1.807) is 30.3 Å². The lowest BCUT2D eigenvalue weighted by atomic mass is 9.84. The Bertz CT molecular complexity index is 3040. The van der Waals surface area contributed by atoms with E-state index >= 15 is 0 Å². The van der Waals surface area contributed by atoms with Crippen molar-refractivity contribution in [2.75, 3.05) is 13.1 Å². The van der Waals surface area contributed by atoms with Crippen molar-refractivity contribution in [3.8, 4) is 0 Å². The molecule has 15 heteroatoms. The minimum Gasteiger partial charge on any atom is -0.449 e. The second kappa shape index (κ2) is 33.5. The third kappa shape index (κ3) is 30.8. The van der Waals surface area contributed by atoms with Gasteiger partial charge in [-0.2, -0.15) is 9.47 Å². The summed E-state index contributed by atoms with van der Waals surface area (Å²) in [6.45, 7) is 78.2. The molecule has 0 radical (unpaired) electrons. The normalized spacial score (nSPS) is 14.3. The summed E-state index contributed by atoms with van der Waals surface area (Å²) in [5, 5.41) is 16.8. The number of hydrogen-bond donors (Lipinski definition) is 1. The summed E-state index contributed by atoms with van der Waals surface area (Å²) in [4.78, 5) is 21.3. The maximum absolute atomic E-state index is 5.34. The fourth-order valence-corrected chi connectivity index (χ4v) is 9.28. The smallest absolute Gasteiger partial charge is 0.191 e. The number of nitrogens with one attached hydrogen (secondary N) is 1. The maximum atomic E-state index is 5.34. The van der Waals surface area contributed by atoms with Crippen LogP contribution in [0.15, 0.2) is 104 Å². The number of H-pyrrole nitrogens is 1. The molecule has 0 bridgehead atoms. The second-order valence-corrected chi connectivity index (χ2v) is 33.6. The van der Waals surface area contributed by atoms with Crippen LogP contribution in [0.25, 0.3) is 0 Å². The number of oxazole rings is 2. The zero-order chi connectivity index (χ0) is 70.0. The lowest BCUT2D eigenvalue weighted by Gasteiger charge is -2.20. The van der Waals surface area contributed by atoms with Crippen molar-refractivity contribution in [1.82, 2.24) is 34.9 Å². The van der Waals surface area contributed by atoms with E-state index in [4.69, 9.17) is 17.9 Å². The number of aromatic nitrogens is 7. The van der Waals surface area contributed by atoms with Crippen LogP contribution in [0.5, 0.6) is 0 Å². The third-order valence-electron chi connectivity index (χ3n) is 14.0. The van der Waals surface area contributed by atoms with Gasteiger partial charge >= 0.3 is 0 Å². The Morgan fingerprint density at radius 3 is 1.29 bits per heavy atom. The molecule has 9 heterocycles. The fraction of sp³-hybridized carbons (Fsp3) is 0.640. The number of nitrogens with zero attached hydrogens (tertiary/aromatic N) is 9. The zero-order valence-electron chi connectivity index (χ0n) is 63.4. The highest BCUT2D eigenvalue weighted by molar-refractivity contribution is 7.03. The summed E-state index contributed by atoms with van der Waals surface area (Å²) in [5.74, 6) is 3.38. The Morgan fingerprint density at radius 1 is 0.522 bits per heavy atom. The molecule has 0 fully saturated rings. The van der Waals surface area contributed by atoms with Crippen LogP contribution in [-0.4, -0.2) is 65.1 Å². The predicted molar refractivity (Wildman–Crippen MR) is 384 cm³/mol. The largest absolute Gasteiger partial charge is 0.449 e. The lowest BCUT2D eigenvalue weighted by Crippen LogP contribution is -2.13. The maximum Gasteiger partial charge on any atom is 0.191 e. The van der Waals surface area contributed by atoms with Crippen LogP contribution < -0.4 is 0 Å². The summed E-state index contributed by atoms with van der Waals surface area (Å²) < 4.78 is 24.5. The van der Waals surface area contributed by atoms with Crippen LogP contribution in [-0.2, 0) is 32.5 Å². The molecule has 0 aromatic carbocycles. The Balaban J connectivity index is 0.000000506. The number of aryl methyl sites for hydroxylation is 6. The van der Waals surface area contributed by atoms with Crippen LogP contribution in [0.2, 0.25) is 0 Å². The molecule has 0 aliphatic carbocycles. The Hall–Kier alpha value is -6.09. The molecule has 504 valence electrons. The molecule has 0 saturated carbocycles. The number of rotatable bonds is 0. The number of aromatic amines is 1. The third-order valence-corrected chi connectivity index (χ3v) is 14.8. The van der Waals surface area contributed by atoms with Gasteiger partial charge in [0.25, 0.3) is 0 Å². The first-order valence-electron chi connectivity index (χ1n) is 31.9. The van der Waals surface area contributed by atoms with Crippen LogP contribution in [0.1, 0.15) is 283 Å². The average Bonchev–Trinajstić information content (AvgIpc) is 3.99. The zero-order valence-corrected chi connectivity index (χ0v) is 64.2. The van der Waals surface area contributed by atoms with Crippen molar-refractivity contribution in [3.63, 3.8) is 0 Å². The topological polar surface area (TPSA) is 183 Å².